The fraction of sp³-hybridized carbons (Fsp3) is 0.100. The van der Waals surface area contributed by atoms with E-state index in [-0.39, 0.29) is 0 Å². The van der Waals surface area contributed by atoms with Crippen molar-refractivity contribution in [1.29, 1.82) is 0 Å². The highest BCUT2D eigenvalue weighted by Gasteiger charge is 1.99. The molecule has 0 saturated heterocycles. The number of nitrogen functional groups attached to an aromatic ring is 2. The molecular weight excluding hydrogens is 194 g/mol. The topological polar surface area (TPSA) is 64.9 Å². The number of anilines is 2. The minimum atomic E-state index is 0.700. The van der Waals surface area contributed by atoms with Gasteiger partial charge >= 0.3 is 0 Å². The van der Waals surface area contributed by atoms with Crippen LogP contribution in [0.2, 0.25) is 0 Å². The summed E-state index contributed by atoms with van der Waals surface area (Å²) < 4.78 is 0. The first-order chi connectivity index (χ1) is 6.74. The third kappa shape index (κ3) is 2.03. The Morgan fingerprint density at radius 3 is 2.64 bits per heavy atom. The molecule has 72 valence electrons. The van der Waals surface area contributed by atoms with E-state index in [9.17, 15) is 0 Å². The summed E-state index contributed by atoms with van der Waals surface area (Å²) in [5, 5.41) is 2.90. The fourth-order valence-electron chi connectivity index (χ4n) is 1.33. The molecular formula is C10H11N3S. The van der Waals surface area contributed by atoms with Crippen molar-refractivity contribution in [3.63, 3.8) is 0 Å². The Morgan fingerprint density at radius 2 is 2.00 bits per heavy atom. The normalized spacial score (nSPS) is 10.3. The predicted octanol–water partition coefficient (Wildman–Crippen LogP) is 1.90. The third-order valence-corrected chi connectivity index (χ3v) is 2.71. The maximum Gasteiger partial charge on any atom is 0.0859 e. The van der Waals surface area contributed by atoms with Crippen molar-refractivity contribution >= 4 is 22.0 Å². The zero-order valence-electron chi connectivity index (χ0n) is 7.60. The summed E-state index contributed by atoms with van der Waals surface area (Å²) in [6, 6.07) is 3.91. The standard InChI is InChI=1S/C10H11N3S/c11-9-2-7(4-13-5-9)1-8-3-10(12)14-6-8/h2-6H,1,11-12H2. The summed E-state index contributed by atoms with van der Waals surface area (Å²) in [6.45, 7) is 0. The summed E-state index contributed by atoms with van der Waals surface area (Å²) in [6.07, 6.45) is 4.31. The molecule has 3 nitrogen and oxygen atoms in total. The second kappa shape index (κ2) is 3.67. The second-order valence-electron chi connectivity index (χ2n) is 3.16. The van der Waals surface area contributed by atoms with E-state index in [1.54, 1.807) is 17.5 Å². The van der Waals surface area contributed by atoms with Gasteiger partial charge in [-0.05, 0) is 35.1 Å². The summed E-state index contributed by atoms with van der Waals surface area (Å²) in [4.78, 5) is 4.03. The van der Waals surface area contributed by atoms with E-state index >= 15 is 0 Å². The van der Waals surface area contributed by atoms with E-state index in [0.29, 0.717) is 5.69 Å². The van der Waals surface area contributed by atoms with Gasteiger partial charge in [0.25, 0.3) is 0 Å². The fourth-order valence-corrected chi connectivity index (χ4v) is 1.99. The van der Waals surface area contributed by atoms with Crippen LogP contribution in [0.1, 0.15) is 11.1 Å². The lowest BCUT2D eigenvalue weighted by Crippen LogP contribution is -1.91. The first kappa shape index (κ1) is 9.02. The van der Waals surface area contributed by atoms with Gasteiger partial charge in [0.1, 0.15) is 0 Å². The van der Waals surface area contributed by atoms with Crippen LogP contribution in [0.15, 0.2) is 29.9 Å². The van der Waals surface area contributed by atoms with Crippen molar-refractivity contribution in [2.75, 3.05) is 11.5 Å². The highest BCUT2D eigenvalue weighted by Crippen LogP contribution is 2.19. The molecule has 0 saturated carbocycles. The zero-order chi connectivity index (χ0) is 9.97. The number of thiophene rings is 1. The van der Waals surface area contributed by atoms with E-state index in [4.69, 9.17) is 11.5 Å². The van der Waals surface area contributed by atoms with E-state index in [0.717, 1.165) is 17.0 Å². The average molecular weight is 205 g/mol. The summed E-state index contributed by atoms with van der Waals surface area (Å²) >= 11 is 1.55. The maximum atomic E-state index is 5.64. The molecule has 0 atom stereocenters. The van der Waals surface area contributed by atoms with E-state index in [1.165, 1.54) is 5.56 Å². The average Bonchev–Trinajstić information content (AvgIpc) is 2.51. The molecule has 0 bridgehead atoms. The molecule has 0 aliphatic rings. The van der Waals surface area contributed by atoms with Crippen molar-refractivity contribution in [3.8, 4) is 0 Å². The molecule has 14 heavy (non-hydrogen) atoms. The van der Waals surface area contributed by atoms with Gasteiger partial charge in [-0.25, -0.2) is 0 Å². The number of hydrogen-bond donors (Lipinski definition) is 2. The van der Waals surface area contributed by atoms with Gasteiger partial charge in [-0.15, -0.1) is 11.3 Å². The molecule has 0 spiro atoms. The SMILES string of the molecule is Nc1cncc(Cc2csc(N)c2)c1. The van der Waals surface area contributed by atoms with Crippen LogP contribution in [0, 0.1) is 0 Å². The van der Waals surface area contributed by atoms with Gasteiger partial charge in [-0.3, -0.25) is 4.98 Å². The first-order valence-corrected chi connectivity index (χ1v) is 5.14. The molecule has 0 aliphatic heterocycles. The number of rotatable bonds is 2. The molecule has 0 radical (unpaired) electrons. The Bertz CT molecular complexity index is 436. The number of pyridine rings is 1. The van der Waals surface area contributed by atoms with Crippen molar-refractivity contribution in [2.45, 2.75) is 6.42 Å². The van der Waals surface area contributed by atoms with Crippen LogP contribution in [0.4, 0.5) is 10.7 Å². The van der Waals surface area contributed by atoms with Crippen molar-refractivity contribution in [2.24, 2.45) is 0 Å². The molecule has 0 aromatic carbocycles. The van der Waals surface area contributed by atoms with Gasteiger partial charge in [0.2, 0.25) is 0 Å². The molecule has 4 heteroatoms. The van der Waals surface area contributed by atoms with Gasteiger partial charge < -0.3 is 11.5 Å². The highest BCUT2D eigenvalue weighted by atomic mass is 32.1. The van der Waals surface area contributed by atoms with Gasteiger partial charge in [0.05, 0.1) is 10.7 Å². The Balaban J connectivity index is 2.18. The Kier molecular flexibility index (Phi) is 2.37. The number of hydrogen-bond acceptors (Lipinski definition) is 4. The summed E-state index contributed by atoms with van der Waals surface area (Å²) in [5.74, 6) is 0. The van der Waals surface area contributed by atoms with Crippen LogP contribution in [-0.2, 0) is 6.42 Å². The smallest absolute Gasteiger partial charge is 0.0859 e. The molecule has 0 amide bonds. The lowest BCUT2D eigenvalue weighted by Gasteiger charge is -1.99. The number of nitrogens with zero attached hydrogens (tertiary/aromatic N) is 1. The molecule has 2 rings (SSSR count). The summed E-state index contributed by atoms with van der Waals surface area (Å²) in [7, 11) is 0. The van der Waals surface area contributed by atoms with Crippen LogP contribution in [0.5, 0.6) is 0 Å². The van der Waals surface area contributed by atoms with Crippen molar-refractivity contribution < 1.29 is 0 Å². The monoisotopic (exact) mass is 205 g/mol. The maximum absolute atomic E-state index is 5.64. The minimum Gasteiger partial charge on any atom is -0.397 e. The van der Waals surface area contributed by atoms with Crippen LogP contribution in [-0.4, -0.2) is 4.98 Å². The Hall–Kier alpha value is -1.55. The molecule has 2 heterocycles. The largest absolute Gasteiger partial charge is 0.397 e. The zero-order valence-corrected chi connectivity index (χ0v) is 8.42. The van der Waals surface area contributed by atoms with Crippen molar-refractivity contribution in [3.05, 3.63) is 41.0 Å². The van der Waals surface area contributed by atoms with Crippen molar-refractivity contribution in [1.82, 2.24) is 4.98 Å². The molecule has 2 aromatic rings. The molecule has 0 aliphatic carbocycles. The van der Waals surface area contributed by atoms with Gasteiger partial charge in [-0.2, -0.15) is 0 Å². The molecule has 2 aromatic heterocycles. The molecule has 4 N–H and O–H groups in total. The van der Waals surface area contributed by atoms with Crippen LogP contribution >= 0.6 is 11.3 Å². The third-order valence-electron chi connectivity index (χ3n) is 1.90. The molecule has 0 unspecified atom stereocenters. The predicted molar refractivity (Wildman–Crippen MR) is 60.2 cm³/mol. The first-order valence-electron chi connectivity index (χ1n) is 4.26. The number of aromatic nitrogens is 1. The van der Waals surface area contributed by atoms with E-state index in [1.807, 2.05) is 18.3 Å². The summed E-state index contributed by atoms with van der Waals surface area (Å²) in [5.41, 5.74) is 14.3. The minimum absolute atomic E-state index is 0.700. The lowest BCUT2D eigenvalue weighted by atomic mass is 10.1. The van der Waals surface area contributed by atoms with Gasteiger partial charge in [0.15, 0.2) is 0 Å². The molecule has 0 fully saturated rings. The second-order valence-corrected chi connectivity index (χ2v) is 4.10. The Labute approximate surface area is 86.4 Å². The lowest BCUT2D eigenvalue weighted by molar-refractivity contribution is 1.16. The van der Waals surface area contributed by atoms with E-state index < -0.39 is 0 Å². The van der Waals surface area contributed by atoms with Crippen LogP contribution in [0.25, 0.3) is 0 Å². The van der Waals surface area contributed by atoms with E-state index in [2.05, 4.69) is 10.4 Å². The van der Waals surface area contributed by atoms with Crippen LogP contribution < -0.4 is 11.5 Å². The number of nitrogens with two attached hydrogens (primary N) is 2. The Morgan fingerprint density at radius 1 is 1.14 bits per heavy atom. The van der Waals surface area contributed by atoms with Gasteiger partial charge in [-0.1, -0.05) is 0 Å². The highest BCUT2D eigenvalue weighted by molar-refractivity contribution is 7.14. The van der Waals surface area contributed by atoms with Crippen LogP contribution in [0.3, 0.4) is 0 Å². The quantitative estimate of drug-likeness (QED) is 0.787. The van der Waals surface area contributed by atoms with Gasteiger partial charge in [0, 0.05) is 12.4 Å².